The highest BCUT2D eigenvalue weighted by molar-refractivity contribution is 5.77. The molecule has 1 aliphatic heterocycles. The monoisotopic (exact) mass is 266 g/mol. The molecule has 1 aliphatic rings. The molecule has 1 aromatic heterocycles. The third-order valence-electron chi connectivity index (χ3n) is 3.84. The Bertz CT molecular complexity index is 678. The Morgan fingerprint density at radius 2 is 2.25 bits per heavy atom. The SMILES string of the molecule is CCCN1CCc2cc(C#N)c(-c3cnn(C)c3)cc21. The molecule has 0 spiro atoms. The summed E-state index contributed by atoms with van der Waals surface area (Å²) >= 11 is 0. The molecule has 3 rings (SSSR count). The zero-order valence-electron chi connectivity index (χ0n) is 11.9. The number of aryl methyl sites for hydroxylation is 1. The molecule has 2 aromatic rings. The van der Waals surface area contributed by atoms with Gasteiger partial charge >= 0.3 is 0 Å². The zero-order valence-corrected chi connectivity index (χ0v) is 11.9. The van der Waals surface area contributed by atoms with Crippen LogP contribution in [-0.2, 0) is 13.5 Å². The number of benzene rings is 1. The van der Waals surface area contributed by atoms with Gasteiger partial charge in [0.05, 0.1) is 17.8 Å². The van der Waals surface area contributed by atoms with Gasteiger partial charge < -0.3 is 4.90 Å². The Kier molecular flexibility index (Phi) is 3.19. The van der Waals surface area contributed by atoms with Gasteiger partial charge in [-0.05, 0) is 30.5 Å². The van der Waals surface area contributed by atoms with E-state index in [1.807, 2.05) is 25.5 Å². The van der Waals surface area contributed by atoms with Gasteiger partial charge in [-0.1, -0.05) is 6.92 Å². The lowest BCUT2D eigenvalue weighted by molar-refractivity contribution is 0.768. The second kappa shape index (κ2) is 5.01. The van der Waals surface area contributed by atoms with Crippen molar-refractivity contribution in [1.29, 1.82) is 5.26 Å². The highest BCUT2D eigenvalue weighted by atomic mass is 15.2. The molecular weight excluding hydrogens is 248 g/mol. The molecule has 0 amide bonds. The van der Waals surface area contributed by atoms with E-state index in [1.54, 1.807) is 4.68 Å². The van der Waals surface area contributed by atoms with Gasteiger partial charge in [0.25, 0.3) is 0 Å². The molecule has 0 aliphatic carbocycles. The van der Waals surface area contributed by atoms with Crippen molar-refractivity contribution >= 4 is 5.69 Å². The minimum Gasteiger partial charge on any atom is -0.371 e. The van der Waals surface area contributed by atoms with Crippen LogP contribution in [0.15, 0.2) is 24.5 Å². The van der Waals surface area contributed by atoms with Crippen LogP contribution in [-0.4, -0.2) is 22.9 Å². The van der Waals surface area contributed by atoms with Crippen molar-refractivity contribution in [3.8, 4) is 17.2 Å². The lowest BCUT2D eigenvalue weighted by atomic mass is 9.99. The molecule has 0 unspecified atom stereocenters. The minimum absolute atomic E-state index is 0.745. The second-order valence-corrected chi connectivity index (χ2v) is 5.28. The smallest absolute Gasteiger partial charge is 0.0998 e. The normalized spacial score (nSPS) is 13.3. The first kappa shape index (κ1) is 12.7. The molecule has 0 N–H and O–H groups in total. The molecule has 4 heteroatoms. The van der Waals surface area contributed by atoms with Gasteiger partial charge in [0.2, 0.25) is 0 Å². The Morgan fingerprint density at radius 3 is 2.90 bits per heavy atom. The summed E-state index contributed by atoms with van der Waals surface area (Å²) in [6, 6.07) is 6.53. The van der Waals surface area contributed by atoms with Crippen molar-refractivity contribution in [1.82, 2.24) is 9.78 Å². The molecule has 4 nitrogen and oxygen atoms in total. The van der Waals surface area contributed by atoms with Crippen LogP contribution < -0.4 is 4.90 Å². The summed E-state index contributed by atoms with van der Waals surface area (Å²) in [6.07, 6.45) is 5.96. The summed E-state index contributed by atoms with van der Waals surface area (Å²) < 4.78 is 1.77. The van der Waals surface area contributed by atoms with Crippen LogP contribution in [0.2, 0.25) is 0 Å². The van der Waals surface area contributed by atoms with Crippen molar-refractivity contribution in [3.63, 3.8) is 0 Å². The summed E-state index contributed by atoms with van der Waals surface area (Å²) in [5, 5.41) is 13.6. The van der Waals surface area contributed by atoms with Gasteiger partial charge in [0, 0.05) is 43.1 Å². The first-order chi connectivity index (χ1) is 9.72. The molecule has 0 radical (unpaired) electrons. The van der Waals surface area contributed by atoms with Crippen molar-refractivity contribution < 1.29 is 0 Å². The molecule has 0 saturated heterocycles. The van der Waals surface area contributed by atoms with Gasteiger partial charge in [0.15, 0.2) is 0 Å². The van der Waals surface area contributed by atoms with E-state index in [1.165, 1.54) is 11.3 Å². The van der Waals surface area contributed by atoms with Gasteiger partial charge in [0.1, 0.15) is 0 Å². The molecular formula is C16H18N4. The van der Waals surface area contributed by atoms with Gasteiger partial charge in [-0.15, -0.1) is 0 Å². The molecule has 102 valence electrons. The average molecular weight is 266 g/mol. The highest BCUT2D eigenvalue weighted by Gasteiger charge is 2.21. The van der Waals surface area contributed by atoms with Gasteiger partial charge in [-0.3, -0.25) is 4.68 Å². The second-order valence-electron chi connectivity index (χ2n) is 5.28. The topological polar surface area (TPSA) is 44.9 Å². The van der Waals surface area contributed by atoms with Crippen LogP contribution in [0.5, 0.6) is 0 Å². The van der Waals surface area contributed by atoms with Gasteiger partial charge in [-0.2, -0.15) is 10.4 Å². The van der Waals surface area contributed by atoms with E-state index in [0.717, 1.165) is 42.6 Å². The van der Waals surface area contributed by atoms with E-state index in [-0.39, 0.29) is 0 Å². The maximum Gasteiger partial charge on any atom is 0.0998 e. The van der Waals surface area contributed by atoms with Crippen molar-refractivity contribution in [2.75, 3.05) is 18.0 Å². The van der Waals surface area contributed by atoms with Crippen LogP contribution >= 0.6 is 0 Å². The van der Waals surface area contributed by atoms with E-state index in [2.05, 4.69) is 29.1 Å². The van der Waals surface area contributed by atoms with Crippen LogP contribution in [0.25, 0.3) is 11.1 Å². The van der Waals surface area contributed by atoms with Crippen molar-refractivity contribution in [2.45, 2.75) is 19.8 Å². The third kappa shape index (κ3) is 2.05. The molecule has 0 bridgehead atoms. The summed E-state index contributed by atoms with van der Waals surface area (Å²) in [6.45, 7) is 4.33. The predicted molar refractivity (Wildman–Crippen MR) is 79.6 cm³/mol. The fourth-order valence-electron chi connectivity index (χ4n) is 2.90. The summed E-state index contributed by atoms with van der Waals surface area (Å²) in [5.41, 5.74) is 5.32. The molecule has 0 atom stereocenters. The van der Waals surface area contributed by atoms with E-state index < -0.39 is 0 Å². The molecule has 0 saturated carbocycles. The lowest BCUT2D eigenvalue weighted by Crippen LogP contribution is -2.20. The van der Waals surface area contributed by atoms with E-state index in [0.29, 0.717) is 0 Å². The van der Waals surface area contributed by atoms with Crippen LogP contribution in [0.1, 0.15) is 24.5 Å². The molecule has 0 fully saturated rings. The zero-order chi connectivity index (χ0) is 14.1. The Labute approximate surface area is 119 Å². The fraction of sp³-hybridized carbons (Fsp3) is 0.375. The van der Waals surface area contributed by atoms with Crippen molar-refractivity contribution in [2.24, 2.45) is 7.05 Å². The number of hydrogen-bond donors (Lipinski definition) is 0. The number of nitriles is 1. The third-order valence-corrected chi connectivity index (χ3v) is 3.84. The number of anilines is 1. The lowest BCUT2D eigenvalue weighted by Gasteiger charge is -2.19. The number of hydrogen-bond acceptors (Lipinski definition) is 3. The highest BCUT2D eigenvalue weighted by Crippen LogP contribution is 2.35. The standard InChI is InChI=1S/C16H18N4/c1-3-5-20-6-4-12-7-13(9-17)15(8-16(12)20)14-10-18-19(2)11-14/h7-8,10-11H,3-6H2,1-2H3. The Morgan fingerprint density at radius 1 is 1.40 bits per heavy atom. The first-order valence-corrected chi connectivity index (χ1v) is 7.04. The predicted octanol–water partition coefficient (Wildman–Crippen LogP) is 2.73. The fourth-order valence-corrected chi connectivity index (χ4v) is 2.90. The van der Waals surface area contributed by atoms with E-state index in [4.69, 9.17) is 0 Å². The summed E-state index contributed by atoms with van der Waals surface area (Å²) in [7, 11) is 1.90. The maximum absolute atomic E-state index is 9.40. The van der Waals surface area contributed by atoms with Crippen LogP contribution in [0.3, 0.4) is 0 Å². The van der Waals surface area contributed by atoms with Crippen LogP contribution in [0, 0.1) is 11.3 Å². The van der Waals surface area contributed by atoms with Crippen molar-refractivity contribution in [3.05, 3.63) is 35.7 Å². The first-order valence-electron chi connectivity index (χ1n) is 7.04. The molecule has 20 heavy (non-hydrogen) atoms. The van der Waals surface area contributed by atoms with Crippen LogP contribution in [0.4, 0.5) is 5.69 Å². The largest absolute Gasteiger partial charge is 0.371 e. The number of rotatable bonds is 3. The molecule has 2 heterocycles. The van der Waals surface area contributed by atoms with E-state index >= 15 is 0 Å². The minimum atomic E-state index is 0.745. The number of aromatic nitrogens is 2. The van der Waals surface area contributed by atoms with E-state index in [9.17, 15) is 5.26 Å². The Balaban J connectivity index is 2.11. The van der Waals surface area contributed by atoms with Gasteiger partial charge in [-0.25, -0.2) is 0 Å². The summed E-state index contributed by atoms with van der Waals surface area (Å²) in [5.74, 6) is 0. The summed E-state index contributed by atoms with van der Waals surface area (Å²) in [4.78, 5) is 2.41. The maximum atomic E-state index is 9.40. The average Bonchev–Trinajstić information content (AvgIpc) is 3.04. The quantitative estimate of drug-likeness (QED) is 0.858. The number of fused-ring (bicyclic) bond motifs is 1. The number of nitrogens with zero attached hydrogens (tertiary/aromatic N) is 4. The molecule has 1 aromatic carbocycles. The Hall–Kier alpha value is -2.28.